The highest BCUT2D eigenvalue weighted by Crippen LogP contribution is 2.30. The summed E-state index contributed by atoms with van der Waals surface area (Å²) in [6, 6.07) is 4.29. The number of nitrogens with zero attached hydrogens (tertiary/aromatic N) is 1. The summed E-state index contributed by atoms with van der Waals surface area (Å²) < 4.78 is 31.5. The summed E-state index contributed by atoms with van der Waals surface area (Å²) in [5, 5.41) is 0.224. The second-order valence-corrected chi connectivity index (χ2v) is 7.25. The number of benzene rings is 1. The van der Waals surface area contributed by atoms with E-state index < -0.39 is 21.8 Å². The third kappa shape index (κ3) is 3.30. The van der Waals surface area contributed by atoms with Gasteiger partial charge in [0, 0.05) is 13.1 Å². The van der Waals surface area contributed by atoms with Crippen LogP contribution in [0.4, 0.5) is 0 Å². The van der Waals surface area contributed by atoms with Crippen LogP contribution < -0.4 is 10.5 Å². The van der Waals surface area contributed by atoms with Crippen molar-refractivity contribution in [2.45, 2.75) is 17.7 Å². The Bertz CT molecular complexity index is 648. The maximum atomic E-state index is 12.6. The number of hydrogen-bond acceptors (Lipinski definition) is 4. The Balaban J connectivity index is 2.29. The van der Waals surface area contributed by atoms with Crippen LogP contribution in [0.1, 0.15) is 12.8 Å². The van der Waals surface area contributed by atoms with Crippen molar-refractivity contribution in [2.75, 3.05) is 20.2 Å². The number of carbonyl (C=O) groups excluding carboxylic acids is 1. The number of rotatable bonds is 4. The lowest BCUT2D eigenvalue weighted by molar-refractivity contribution is -0.122. The first kappa shape index (κ1) is 16.1. The van der Waals surface area contributed by atoms with Crippen molar-refractivity contribution in [2.24, 2.45) is 11.7 Å². The summed E-state index contributed by atoms with van der Waals surface area (Å²) in [5.74, 6) is -0.505. The molecule has 2 N–H and O–H groups in total. The highest BCUT2D eigenvalue weighted by Gasteiger charge is 2.32. The summed E-state index contributed by atoms with van der Waals surface area (Å²) in [6.07, 6.45) is 1.22. The smallest absolute Gasteiger partial charge is 0.243 e. The number of hydrogen-bond donors (Lipinski definition) is 1. The molecule has 1 unspecified atom stereocenters. The Morgan fingerprint density at radius 1 is 1.48 bits per heavy atom. The molecule has 6 nitrogen and oxygen atoms in total. The Kier molecular flexibility index (Phi) is 4.75. The van der Waals surface area contributed by atoms with Crippen LogP contribution in [0.2, 0.25) is 5.02 Å². The topological polar surface area (TPSA) is 89.7 Å². The number of primary amides is 1. The molecule has 1 saturated heterocycles. The molecule has 116 valence electrons. The minimum atomic E-state index is -3.69. The molecule has 21 heavy (non-hydrogen) atoms. The first-order chi connectivity index (χ1) is 9.86. The summed E-state index contributed by atoms with van der Waals surface area (Å²) in [7, 11) is -2.23. The van der Waals surface area contributed by atoms with Crippen molar-refractivity contribution < 1.29 is 17.9 Å². The lowest BCUT2D eigenvalue weighted by atomic mass is 9.99. The summed E-state index contributed by atoms with van der Waals surface area (Å²) in [4.78, 5) is 11.3. The van der Waals surface area contributed by atoms with Gasteiger partial charge >= 0.3 is 0 Å². The highest BCUT2D eigenvalue weighted by molar-refractivity contribution is 7.89. The van der Waals surface area contributed by atoms with Gasteiger partial charge in [-0.05, 0) is 31.0 Å². The number of sulfonamides is 1. The zero-order chi connectivity index (χ0) is 15.6. The van der Waals surface area contributed by atoms with E-state index in [4.69, 9.17) is 22.1 Å². The lowest BCUT2D eigenvalue weighted by Gasteiger charge is -2.30. The zero-order valence-corrected chi connectivity index (χ0v) is 13.2. The number of ether oxygens (including phenoxy) is 1. The van der Waals surface area contributed by atoms with E-state index in [-0.39, 0.29) is 16.5 Å². The van der Waals surface area contributed by atoms with Gasteiger partial charge in [0.1, 0.15) is 5.75 Å². The monoisotopic (exact) mass is 332 g/mol. The van der Waals surface area contributed by atoms with Gasteiger partial charge in [-0.1, -0.05) is 11.6 Å². The molecule has 0 aliphatic carbocycles. The Morgan fingerprint density at radius 3 is 2.76 bits per heavy atom. The molecule has 0 aromatic heterocycles. The summed E-state index contributed by atoms with van der Waals surface area (Å²) in [6.45, 7) is 0.483. The van der Waals surface area contributed by atoms with Gasteiger partial charge in [-0.2, -0.15) is 4.31 Å². The molecule has 0 saturated carbocycles. The van der Waals surface area contributed by atoms with Gasteiger partial charge in [-0.3, -0.25) is 4.79 Å². The van der Waals surface area contributed by atoms with Gasteiger partial charge in [0.15, 0.2) is 0 Å². The van der Waals surface area contributed by atoms with E-state index in [0.717, 1.165) is 0 Å². The third-order valence-electron chi connectivity index (χ3n) is 3.55. The SMILES string of the molecule is COc1ccc(S(=O)(=O)N2CCCC(C(N)=O)C2)cc1Cl. The fourth-order valence-electron chi connectivity index (χ4n) is 2.35. The van der Waals surface area contributed by atoms with Crippen LogP contribution in [0.25, 0.3) is 0 Å². The molecule has 1 heterocycles. The highest BCUT2D eigenvalue weighted by atomic mass is 35.5. The molecule has 0 radical (unpaired) electrons. The first-order valence-electron chi connectivity index (χ1n) is 6.49. The molecule has 1 aliphatic rings. The molecule has 1 aromatic carbocycles. The maximum absolute atomic E-state index is 12.6. The minimum Gasteiger partial charge on any atom is -0.495 e. The molecule has 0 spiro atoms. The van der Waals surface area contributed by atoms with Gasteiger partial charge in [0.2, 0.25) is 15.9 Å². The van der Waals surface area contributed by atoms with E-state index in [9.17, 15) is 13.2 Å². The lowest BCUT2D eigenvalue weighted by Crippen LogP contribution is -2.44. The van der Waals surface area contributed by atoms with Crippen molar-refractivity contribution in [3.8, 4) is 5.75 Å². The van der Waals surface area contributed by atoms with Gasteiger partial charge < -0.3 is 10.5 Å². The quantitative estimate of drug-likeness (QED) is 0.898. The molecule has 1 amide bonds. The van der Waals surface area contributed by atoms with Gasteiger partial charge in [0.05, 0.1) is 22.9 Å². The van der Waals surface area contributed by atoms with E-state index in [1.807, 2.05) is 0 Å². The zero-order valence-electron chi connectivity index (χ0n) is 11.6. The fourth-order valence-corrected chi connectivity index (χ4v) is 4.22. The van der Waals surface area contributed by atoms with Crippen molar-refractivity contribution in [1.82, 2.24) is 4.31 Å². The normalized spacial score (nSPS) is 20.2. The number of methoxy groups -OCH3 is 1. The van der Waals surface area contributed by atoms with Gasteiger partial charge in [-0.25, -0.2) is 8.42 Å². The summed E-state index contributed by atoms with van der Waals surface area (Å²) in [5.41, 5.74) is 5.28. The largest absolute Gasteiger partial charge is 0.495 e. The van der Waals surface area contributed by atoms with Crippen molar-refractivity contribution in [1.29, 1.82) is 0 Å². The molecule has 1 atom stereocenters. The van der Waals surface area contributed by atoms with Crippen LogP contribution in [0.3, 0.4) is 0 Å². The Labute approximate surface area is 128 Å². The average Bonchev–Trinajstić information content (AvgIpc) is 2.47. The number of carbonyl (C=O) groups is 1. The molecule has 1 fully saturated rings. The van der Waals surface area contributed by atoms with Crippen molar-refractivity contribution in [3.63, 3.8) is 0 Å². The molecule has 0 bridgehead atoms. The van der Waals surface area contributed by atoms with Gasteiger partial charge in [0.25, 0.3) is 0 Å². The van der Waals surface area contributed by atoms with Crippen molar-refractivity contribution >= 4 is 27.5 Å². The van der Waals surface area contributed by atoms with Gasteiger partial charge in [-0.15, -0.1) is 0 Å². The second kappa shape index (κ2) is 6.21. The molecule has 2 rings (SSSR count). The van der Waals surface area contributed by atoms with Crippen molar-refractivity contribution in [3.05, 3.63) is 23.2 Å². The predicted molar refractivity (Wildman–Crippen MR) is 78.7 cm³/mol. The molecule has 1 aromatic rings. The number of piperidine rings is 1. The minimum absolute atomic E-state index is 0.0819. The maximum Gasteiger partial charge on any atom is 0.243 e. The summed E-state index contributed by atoms with van der Waals surface area (Å²) >= 11 is 5.97. The number of halogens is 1. The van der Waals surface area contributed by atoms with Crippen LogP contribution in [0.15, 0.2) is 23.1 Å². The van der Waals surface area contributed by atoms with E-state index in [2.05, 4.69) is 0 Å². The van der Waals surface area contributed by atoms with Crippen LogP contribution >= 0.6 is 11.6 Å². The Hall–Kier alpha value is -1.31. The van der Waals surface area contributed by atoms with E-state index in [1.54, 1.807) is 0 Å². The van der Waals surface area contributed by atoms with E-state index >= 15 is 0 Å². The average molecular weight is 333 g/mol. The van der Waals surface area contributed by atoms with Crippen LogP contribution in [0, 0.1) is 5.92 Å². The number of nitrogens with two attached hydrogens (primary N) is 1. The molecule has 8 heteroatoms. The molecular weight excluding hydrogens is 316 g/mol. The van der Waals surface area contributed by atoms with Crippen LogP contribution in [-0.4, -0.2) is 38.8 Å². The van der Waals surface area contributed by atoms with E-state index in [1.165, 1.54) is 29.6 Å². The standard InChI is InChI=1S/C13H17ClN2O4S/c1-20-12-5-4-10(7-11(12)14)21(18,19)16-6-2-3-9(8-16)13(15)17/h4-5,7,9H,2-3,6,8H2,1H3,(H2,15,17). The third-order valence-corrected chi connectivity index (χ3v) is 5.70. The molecular formula is C13H17ClN2O4S. The van der Waals surface area contributed by atoms with Crippen LogP contribution in [-0.2, 0) is 14.8 Å². The Morgan fingerprint density at radius 2 is 2.19 bits per heavy atom. The second-order valence-electron chi connectivity index (χ2n) is 4.90. The first-order valence-corrected chi connectivity index (χ1v) is 8.31. The number of amides is 1. The van der Waals surface area contributed by atoms with Crippen LogP contribution in [0.5, 0.6) is 5.75 Å². The molecule has 1 aliphatic heterocycles. The fraction of sp³-hybridized carbons (Fsp3) is 0.462. The predicted octanol–water partition coefficient (Wildman–Crippen LogP) is 1.23. The van der Waals surface area contributed by atoms with E-state index in [0.29, 0.717) is 25.1 Å².